The van der Waals surface area contributed by atoms with Gasteiger partial charge in [0.1, 0.15) is 6.04 Å². The number of amides is 1. The van der Waals surface area contributed by atoms with E-state index in [1.165, 1.54) is 0 Å². The summed E-state index contributed by atoms with van der Waals surface area (Å²) in [5, 5.41) is 19.1. The summed E-state index contributed by atoms with van der Waals surface area (Å²) in [5.41, 5.74) is -2.35. The number of carbonyl (C=O) groups excluding carboxylic acids is 2. The zero-order chi connectivity index (χ0) is 13.9. The summed E-state index contributed by atoms with van der Waals surface area (Å²) in [6, 6.07) is -1.06. The number of nitrogens with zero attached hydrogens (tertiary/aromatic N) is 1. The van der Waals surface area contributed by atoms with E-state index in [0.717, 1.165) is 0 Å². The summed E-state index contributed by atoms with van der Waals surface area (Å²) in [5.74, 6) is -2.46. The third-order valence-corrected chi connectivity index (χ3v) is 3.04. The van der Waals surface area contributed by atoms with Gasteiger partial charge in [-0.15, -0.1) is 0 Å². The molecule has 1 heterocycles. The second kappa shape index (κ2) is 5.34. The summed E-state index contributed by atoms with van der Waals surface area (Å²) in [6.07, 6.45) is 0.339. The monoisotopic (exact) mass is 259 g/mol. The molecule has 0 spiro atoms. The Morgan fingerprint density at radius 3 is 2.61 bits per heavy atom. The molecule has 7 nitrogen and oxygen atoms in total. The van der Waals surface area contributed by atoms with Crippen LogP contribution < -0.4 is 0 Å². The molecular formula is C11H17NO6. The summed E-state index contributed by atoms with van der Waals surface area (Å²) >= 11 is 0. The van der Waals surface area contributed by atoms with Crippen LogP contribution in [0.4, 0.5) is 0 Å². The van der Waals surface area contributed by atoms with Gasteiger partial charge in [0.05, 0.1) is 6.61 Å². The number of aliphatic hydroxyl groups is 1. The molecule has 1 aliphatic rings. The first kappa shape index (κ1) is 14.4. The van der Waals surface area contributed by atoms with Crippen LogP contribution >= 0.6 is 0 Å². The predicted molar refractivity (Wildman–Crippen MR) is 59.3 cm³/mol. The van der Waals surface area contributed by atoms with Crippen LogP contribution in [0.2, 0.25) is 0 Å². The first-order valence-electron chi connectivity index (χ1n) is 5.73. The highest BCUT2D eigenvalue weighted by molar-refractivity contribution is 5.84. The minimum absolute atomic E-state index is 0.114. The van der Waals surface area contributed by atoms with Crippen LogP contribution in [0, 0.1) is 5.92 Å². The largest absolute Gasteiger partial charge is 0.478 e. The number of esters is 1. The van der Waals surface area contributed by atoms with Gasteiger partial charge in [-0.05, 0) is 19.3 Å². The predicted octanol–water partition coefficient (Wildman–Crippen LogP) is -0.420. The highest BCUT2D eigenvalue weighted by Crippen LogP contribution is 2.33. The fourth-order valence-electron chi connectivity index (χ4n) is 2.23. The fraction of sp³-hybridized carbons (Fsp3) is 0.727. The van der Waals surface area contributed by atoms with Crippen molar-refractivity contribution in [2.24, 2.45) is 5.92 Å². The Morgan fingerprint density at radius 2 is 2.17 bits per heavy atom. The van der Waals surface area contributed by atoms with E-state index in [9.17, 15) is 19.5 Å². The first-order chi connectivity index (χ1) is 8.36. The van der Waals surface area contributed by atoms with E-state index in [4.69, 9.17) is 9.84 Å². The molecule has 3 unspecified atom stereocenters. The van der Waals surface area contributed by atoms with Gasteiger partial charge in [-0.25, -0.2) is 9.59 Å². The standard InChI is InChI=1S/C11H17NO6/c1-3-18-9(14)8-4-7(2)5-11(17,10(15)16)12(8)6-13/h6-8,17H,3-5H2,1-2H3,(H,15,16). The number of ether oxygens (including phenoxy) is 1. The molecule has 2 N–H and O–H groups in total. The molecule has 0 saturated carbocycles. The van der Waals surface area contributed by atoms with Gasteiger partial charge < -0.3 is 14.9 Å². The maximum absolute atomic E-state index is 11.7. The van der Waals surface area contributed by atoms with Crippen molar-refractivity contribution < 1.29 is 29.3 Å². The van der Waals surface area contributed by atoms with Gasteiger partial charge in [-0.1, -0.05) is 6.92 Å². The number of rotatable bonds is 4. The molecule has 3 atom stereocenters. The quantitative estimate of drug-likeness (QED) is 0.525. The van der Waals surface area contributed by atoms with Gasteiger partial charge in [0.2, 0.25) is 12.1 Å². The van der Waals surface area contributed by atoms with Crippen molar-refractivity contribution in [3.63, 3.8) is 0 Å². The Hall–Kier alpha value is -1.63. The number of aliphatic carboxylic acids is 1. The summed E-state index contributed by atoms with van der Waals surface area (Å²) < 4.78 is 4.79. The molecule has 0 radical (unpaired) electrons. The van der Waals surface area contributed by atoms with E-state index in [1.54, 1.807) is 13.8 Å². The summed E-state index contributed by atoms with van der Waals surface area (Å²) in [7, 11) is 0. The molecule has 0 aromatic rings. The van der Waals surface area contributed by atoms with E-state index in [1.807, 2.05) is 0 Å². The van der Waals surface area contributed by atoms with E-state index in [0.29, 0.717) is 4.90 Å². The van der Waals surface area contributed by atoms with Gasteiger partial charge in [0, 0.05) is 6.42 Å². The molecular weight excluding hydrogens is 242 g/mol. The lowest BCUT2D eigenvalue weighted by molar-refractivity contribution is -0.205. The lowest BCUT2D eigenvalue weighted by Crippen LogP contribution is -2.64. The number of carboxylic acids is 1. The van der Waals surface area contributed by atoms with Gasteiger partial charge in [0.15, 0.2) is 0 Å². The van der Waals surface area contributed by atoms with Crippen LogP contribution in [0.3, 0.4) is 0 Å². The summed E-state index contributed by atoms with van der Waals surface area (Å²) in [4.78, 5) is 34.4. The molecule has 1 aliphatic heterocycles. The van der Waals surface area contributed by atoms with Crippen LogP contribution in [-0.4, -0.2) is 51.8 Å². The van der Waals surface area contributed by atoms with Crippen molar-refractivity contribution in [3.05, 3.63) is 0 Å². The van der Waals surface area contributed by atoms with E-state index >= 15 is 0 Å². The highest BCUT2D eigenvalue weighted by Gasteiger charge is 2.52. The average molecular weight is 259 g/mol. The number of hydrogen-bond donors (Lipinski definition) is 2. The molecule has 1 amide bonds. The summed E-state index contributed by atoms with van der Waals surface area (Å²) in [6.45, 7) is 3.45. The molecule has 1 fully saturated rings. The van der Waals surface area contributed by atoms with Crippen LogP contribution in [-0.2, 0) is 19.1 Å². The number of likely N-dealkylation sites (tertiary alicyclic amines) is 1. The molecule has 0 aromatic carbocycles. The number of hydrogen-bond acceptors (Lipinski definition) is 5. The smallest absolute Gasteiger partial charge is 0.357 e. The highest BCUT2D eigenvalue weighted by atomic mass is 16.5. The van der Waals surface area contributed by atoms with Gasteiger partial charge in [-0.3, -0.25) is 9.69 Å². The second-order valence-corrected chi connectivity index (χ2v) is 4.45. The third-order valence-electron chi connectivity index (χ3n) is 3.04. The minimum Gasteiger partial charge on any atom is -0.478 e. The van der Waals surface area contributed by atoms with E-state index < -0.39 is 23.7 Å². The number of carbonyl (C=O) groups is 3. The van der Waals surface area contributed by atoms with Gasteiger partial charge in [-0.2, -0.15) is 0 Å². The van der Waals surface area contributed by atoms with Crippen molar-refractivity contribution in [2.75, 3.05) is 6.61 Å². The van der Waals surface area contributed by atoms with Crippen molar-refractivity contribution in [2.45, 2.75) is 38.5 Å². The van der Waals surface area contributed by atoms with Gasteiger partial charge in [0.25, 0.3) is 0 Å². The normalized spacial score (nSPS) is 31.8. The molecule has 18 heavy (non-hydrogen) atoms. The maximum Gasteiger partial charge on any atom is 0.357 e. The van der Waals surface area contributed by atoms with Crippen LogP contribution in [0.1, 0.15) is 26.7 Å². The number of piperidine rings is 1. The van der Waals surface area contributed by atoms with Crippen LogP contribution in [0.5, 0.6) is 0 Å². The molecule has 0 bridgehead atoms. The Balaban J connectivity index is 3.06. The Labute approximate surface area is 104 Å². The van der Waals surface area contributed by atoms with Crippen molar-refractivity contribution in [1.29, 1.82) is 0 Å². The van der Waals surface area contributed by atoms with Crippen molar-refractivity contribution in [3.8, 4) is 0 Å². The topological polar surface area (TPSA) is 104 Å². The van der Waals surface area contributed by atoms with Crippen molar-refractivity contribution >= 4 is 18.3 Å². The Bertz CT molecular complexity index is 357. The SMILES string of the molecule is CCOC(=O)C1CC(C)CC(O)(C(=O)O)N1C=O. The van der Waals surface area contributed by atoms with Crippen molar-refractivity contribution in [1.82, 2.24) is 4.90 Å². The first-order valence-corrected chi connectivity index (χ1v) is 5.73. The second-order valence-electron chi connectivity index (χ2n) is 4.45. The van der Waals surface area contributed by atoms with E-state index in [2.05, 4.69) is 0 Å². The lowest BCUT2D eigenvalue weighted by Gasteiger charge is -2.44. The Morgan fingerprint density at radius 1 is 1.56 bits per heavy atom. The van der Waals surface area contributed by atoms with Crippen LogP contribution in [0.25, 0.3) is 0 Å². The maximum atomic E-state index is 11.7. The minimum atomic E-state index is -2.35. The molecule has 102 valence electrons. The molecule has 0 aromatic heterocycles. The lowest BCUT2D eigenvalue weighted by atomic mass is 9.85. The molecule has 7 heteroatoms. The molecule has 0 aliphatic carbocycles. The average Bonchev–Trinajstić information content (AvgIpc) is 2.28. The number of carboxylic acid groups (broad SMARTS) is 1. The zero-order valence-corrected chi connectivity index (χ0v) is 10.3. The fourth-order valence-corrected chi connectivity index (χ4v) is 2.23. The van der Waals surface area contributed by atoms with E-state index in [-0.39, 0.29) is 31.8 Å². The zero-order valence-electron chi connectivity index (χ0n) is 10.3. The van der Waals surface area contributed by atoms with Gasteiger partial charge >= 0.3 is 11.9 Å². The van der Waals surface area contributed by atoms with Crippen LogP contribution in [0.15, 0.2) is 0 Å². The third kappa shape index (κ3) is 2.45. The Kier molecular flexibility index (Phi) is 4.28. The molecule has 1 rings (SSSR count). The molecule has 1 saturated heterocycles.